The first-order valence-electron chi connectivity index (χ1n) is 12.7. The van der Waals surface area contributed by atoms with Crippen LogP contribution in [0.15, 0.2) is 66.2 Å². The maximum Gasteiger partial charge on any atom is 0.176 e. The Labute approximate surface area is 206 Å². The summed E-state index contributed by atoms with van der Waals surface area (Å²) in [6, 6.07) is 21.6. The number of nitriles is 1. The Morgan fingerprint density at radius 2 is 1.77 bits per heavy atom. The minimum atomic E-state index is -0.434. The quantitative estimate of drug-likeness (QED) is 0.517. The highest BCUT2D eigenvalue weighted by molar-refractivity contribution is 6.02. The maximum absolute atomic E-state index is 12.9. The van der Waals surface area contributed by atoms with Gasteiger partial charge in [-0.1, -0.05) is 62.4 Å². The summed E-state index contributed by atoms with van der Waals surface area (Å²) < 4.78 is 2.07. The predicted octanol–water partition coefficient (Wildman–Crippen LogP) is 5.99. The highest BCUT2D eigenvalue weighted by atomic mass is 16.1. The first-order valence-corrected chi connectivity index (χ1v) is 12.7. The molecule has 5 nitrogen and oxygen atoms in total. The van der Waals surface area contributed by atoms with Gasteiger partial charge in [-0.15, -0.1) is 5.10 Å². The van der Waals surface area contributed by atoms with Gasteiger partial charge in [0, 0.05) is 22.9 Å². The van der Waals surface area contributed by atoms with Crippen LogP contribution in [-0.2, 0) is 16.6 Å². The predicted molar refractivity (Wildman–Crippen MR) is 137 cm³/mol. The van der Waals surface area contributed by atoms with Crippen LogP contribution in [0.2, 0.25) is 0 Å². The number of carbonyl (C=O) groups is 1. The zero-order valence-corrected chi connectivity index (χ0v) is 20.3. The van der Waals surface area contributed by atoms with Gasteiger partial charge in [0.25, 0.3) is 0 Å². The van der Waals surface area contributed by atoms with E-state index in [0.717, 1.165) is 35.6 Å². The molecule has 0 amide bonds. The lowest BCUT2D eigenvalue weighted by Gasteiger charge is -2.45. The number of Topliss-reactive ketones (excluding diaryl/α,β-unsaturated/α-hetero) is 1. The lowest BCUT2D eigenvalue weighted by atomic mass is 9.58. The SMILES string of the molecule is C[C@H]1C(=O)C(C#N)=C[C@@]2(C)c3c(c(NC4CCC4)nn3-c3ccc(-c4ccccc4)cc3)CC[C@H]12. The van der Waals surface area contributed by atoms with Gasteiger partial charge in [-0.3, -0.25) is 4.79 Å². The molecule has 3 aliphatic carbocycles. The standard InChI is InChI=1S/C30H30N4O/c1-19-26-16-15-25-28(30(26,2)17-22(18-31)27(19)35)34(33-29(25)32-23-9-6-10-23)24-13-11-21(12-14-24)20-7-4-3-5-8-20/h3-5,7-8,11-14,17,19,23,26H,6,9-10,15-16H2,1-2H3,(H,32,33)/t19-,26-,30-/m1/s1. The Balaban J connectivity index is 1.50. The highest BCUT2D eigenvalue weighted by Crippen LogP contribution is 2.52. The van der Waals surface area contributed by atoms with Gasteiger partial charge in [0.1, 0.15) is 6.07 Å². The van der Waals surface area contributed by atoms with Gasteiger partial charge in [0.2, 0.25) is 0 Å². The van der Waals surface area contributed by atoms with E-state index in [2.05, 4.69) is 71.5 Å². The van der Waals surface area contributed by atoms with E-state index >= 15 is 0 Å². The first kappa shape index (κ1) is 21.9. The molecule has 3 atom stereocenters. The monoisotopic (exact) mass is 462 g/mol. The molecule has 3 aliphatic rings. The Bertz CT molecular complexity index is 1360. The third-order valence-corrected chi connectivity index (χ3v) is 8.48. The van der Waals surface area contributed by atoms with Crippen LogP contribution in [0, 0.1) is 23.2 Å². The number of benzene rings is 2. The number of nitrogens with zero attached hydrogens (tertiary/aromatic N) is 3. The number of aromatic nitrogens is 2. The molecule has 1 saturated carbocycles. The molecule has 0 saturated heterocycles. The van der Waals surface area contributed by atoms with Crippen LogP contribution in [0.5, 0.6) is 0 Å². The topological polar surface area (TPSA) is 70.7 Å². The Morgan fingerprint density at radius 1 is 1.06 bits per heavy atom. The third-order valence-electron chi connectivity index (χ3n) is 8.48. The number of hydrogen-bond acceptors (Lipinski definition) is 4. The number of carbonyl (C=O) groups excluding carboxylic acids is 1. The van der Waals surface area contributed by atoms with Crippen LogP contribution in [0.25, 0.3) is 16.8 Å². The summed E-state index contributed by atoms with van der Waals surface area (Å²) in [6.07, 6.45) is 7.36. The molecule has 0 unspecified atom stereocenters. The molecule has 6 rings (SSSR count). The molecule has 176 valence electrons. The van der Waals surface area contributed by atoms with Crippen LogP contribution < -0.4 is 5.32 Å². The van der Waals surface area contributed by atoms with Crippen molar-refractivity contribution in [1.82, 2.24) is 9.78 Å². The third kappa shape index (κ3) is 3.43. The zero-order valence-electron chi connectivity index (χ0n) is 20.3. The van der Waals surface area contributed by atoms with Crippen molar-refractivity contribution in [3.8, 4) is 22.9 Å². The van der Waals surface area contributed by atoms with Crippen LogP contribution >= 0.6 is 0 Å². The molecule has 1 heterocycles. The van der Waals surface area contributed by atoms with E-state index in [1.54, 1.807) is 0 Å². The fourth-order valence-electron chi connectivity index (χ4n) is 6.32. The molecule has 5 heteroatoms. The second kappa shape index (κ2) is 8.23. The van der Waals surface area contributed by atoms with Gasteiger partial charge in [-0.05, 0) is 61.3 Å². The fourth-order valence-corrected chi connectivity index (χ4v) is 6.32. The summed E-state index contributed by atoms with van der Waals surface area (Å²) in [5.41, 5.74) is 5.55. The largest absolute Gasteiger partial charge is 0.366 e. The van der Waals surface area contributed by atoms with Crippen molar-refractivity contribution in [2.24, 2.45) is 11.8 Å². The smallest absolute Gasteiger partial charge is 0.176 e. The fraction of sp³-hybridized carbons (Fsp3) is 0.367. The second-order valence-corrected chi connectivity index (χ2v) is 10.5. The molecule has 1 aromatic heterocycles. The normalized spacial score (nSPS) is 25.6. The number of anilines is 1. The van der Waals surface area contributed by atoms with E-state index in [1.807, 2.05) is 19.1 Å². The molecule has 0 radical (unpaired) electrons. The summed E-state index contributed by atoms with van der Waals surface area (Å²) in [4.78, 5) is 12.9. The van der Waals surface area contributed by atoms with Crippen molar-refractivity contribution >= 4 is 11.6 Å². The lowest BCUT2D eigenvalue weighted by Crippen LogP contribution is -2.46. The van der Waals surface area contributed by atoms with E-state index in [-0.39, 0.29) is 23.2 Å². The van der Waals surface area contributed by atoms with E-state index in [4.69, 9.17) is 5.10 Å². The van der Waals surface area contributed by atoms with Crippen molar-refractivity contribution < 1.29 is 4.79 Å². The number of rotatable bonds is 4. The van der Waals surface area contributed by atoms with Crippen LogP contribution in [0.3, 0.4) is 0 Å². The average Bonchev–Trinajstić information content (AvgIpc) is 3.24. The number of hydrogen-bond donors (Lipinski definition) is 1. The molecule has 2 aromatic carbocycles. The van der Waals surface area contributed by atoms with Crippen molar-refractivity contribution in [3.05, 3.63) is 77.5 Å². The van der Waals surface area contributed by atoms with E-state index < -0.39 is 5.41 Å². The molecule has 1 N–H and O–H groups in total. The van der Waals surface area contributed by atoms with Crippen LogP contribution in [-0.4, -0.2) is 21.6 Å². The average molecular weight is 463 g/mol. The molecular formula is C30H30N4O. The van der Waals surface area contributed by atoms with E-state index in [0.29, 0.717) is 6.04 Å². The summed E-state index contributed by atoms with van der Waals surface area (Å²) >= 11 is 0. The number of fused-ring (bicyclic) bond motifs is 3. The van der Waals surface area contributed by atoms with Crippen LogP contribution in [0.1, 0.15) is 50.8 Å². The Morgan fingerprint density at radius 3 is 2.43 bits per heavy atom. The highest BCUT2D eigenvalue weighted by Gasteiger charge is 2.51. The maximum atomic E-state index is 12.9. The number of nitrogens with one attached hydrogen (secondary N) is 1. The van der Waals surface area contributed by atoms with Crippen molar-refractivity contribution in [3.63, 3.8) is 0 Å². The summed E-state index contributed by atoms with van der Waals surface area (Å²) in [5, 5.41) is 18.6. The summed E-state index contributed by atoms with van der Waals surface area (Å²) in [5.74, 6) is 0.910. The second-order valence-electron chi connectivity index (χ2n) is 10.5. The van der Waals surface area contributed by atoms with E-state index in [1.165, 1.54) is 30.4 Å². The van der Waals surface area contributed by atoms with Crippen molar-refractivity contribution in [2.45, 2.75) is 57.4 Å². The molecule has 0 spiro atoms. The van der Waals surface area contributed by atoms with Gasteiger partial charge in [0.15, 0.2) is 11.6 Å². The van der Waals surface area contributed by atoms with Gasteiger partial charge in [-0.2, -0.15) is 5.26 Å². The lowest BCUT2D eigenvalue weighted by molar-refractivity contribution is -0.121. The Kier molecular flexibility index (Phi) is 5.14. The molecule has 0 aliphatic heterocycles. The van der Waals surface area contributed by atoms with Crippen LogP contribution in [0.4, 0.5) is 5.82 Å². The minimum absolute atomic E-state index is 0.0236. The zero-order chi connectivity index (χ0) is 24.2. The van der Waals surface area contributed by atoms with Gasteiger partial charge >= 0.3 is 0 Å². The Hall–Kier alpha value is -3.65. The molecule has 35 heavy (non-hydrogen) atoms. The number of allylic oxidation sites excluding steroid dienone is 2. The van der Waals surface area contributed by atoms with Gasteiger partial charge < -0.3 is 5.32 Å². The van der Waals surface area contributed by atoms with Gasteiger partial charge in [0.05, 0.1) is 17.0 Å². The molecule has 0 bridgehead atoms. The van der Waals surface area contributed by atoms with Crippen molar-refractivity contribution in [2.75, 3.05) is 5.32 Å². The summed E-state index contributed by atoms with van der Waals surface area (Å²) in [7, 11) is 0. The first-order chi connectivity index (χ1) is 17.0. The molecule has 1 fully saturated rings. The summed E-state index contributed by atoms with van der Waals surface area (Å²) in [6.45, 7) is 4.18. The van der Waals surface area contributed by atoms with E-state index in [9.17, 15) is 10.1 Å². The molecular weight excluding hydrogens is 432 g/mol. The van der Waals surface area contributed by atoms with Gasteiger partial charge in [-0.25, -0.2) is 4.68 Å². The minimum Gasteiger partial charge on any atom is -0.366 e. The van der Waals surface area contributed by atoms with Crippen molar-refractivity contribution in [1.29, 1.82) is 5.26 Å². The molecule has 3 aromatic rings. The number of ketones is 1.